The van der Waals surface area contributed by atoms with Crippen molar-refractivity contribution in [3.05, 3.63) is 35.6 Å². The molecule has 116 valence electrons. The summed E-state index contributed by atoms with van der Waals surface area (Å²) >= 11 is 0. The predicted molar refractivity (Wildman–Crippen MR) is 87.5 cm³/mol. The van der Waals surface area contributed by atoms with Gasteiger partial charge in [-0.25, -0.2) is 0 Å². The molecule has 1 heterocycles. The molecule has 1 atom stereocenters. The summed E-state index contributed by atoms with van der Waals surface area (Å²) in [4.78, 5) is 12.1. The average Bonchev–Trinajstić information content (AvgIpc) is 2.73. The molecule has 0 radical (unpaired) electrons. The number of nitrogens with two attached hydrogens (primary N) is 1. The Bertz CT molecular complexity index is 620. The third-order valence-electron chi connectivity index (χ3n) is 3.64. The number of carbonyl (C=O) groups excluding carboxylic acids is 1. The van der Waals surface area contributed by atoms with E-state index < -0.39 is 5.54 Å². The summed E-state index contributed by atoms with van der Waals surface area (Å²) in [5.41, 5.74) is 7.09. The molecule has 4 nitrogen and oxygen atoms in total. The fourth-order valence-corrected chi connectivity index (χ4v) is 2.39. The van der Waals surface area contributed by atoms with Crippen molar-refractivity contribution in [1.29, 1.82) is 0 Å². The lowest BCUT2D eigenvalue weighted by Gasteiger charge is -2.22. The molecule has 1 aromatic carbocycles. The summed E-state index contributed by atoms with van der Waals surface area (Å²) in [5.74, 6) is 0.644. The molecule has 1 unspecified atom stereocenters. The topological polar surface area (TPSA) is 68.3 Å². The Labute approximate surface area is 131 Å². The van der Waals surface area contributed by atoms with Crippen molar-refractivity contribution in [2.45, 2.75) is 45.7 Å². The molecule has 0 aliphatic rings. The van der Waals surface area contributed by atoms with Gasteiger partial charge in [0.15, 0.2) is 0 Å². The summed E-state index contributed by atoms with van der Waals surface area (Å²) < 4.78 is 5.77. The number of benzene rings is 1. The van der Waals surface area contributed by atoms with Crippen molar-refractivity contribution < 1.29 is 9.21 Å². The zero-order valence-electron chi connectivity index (χ0n) is 12.7. The van der Waals surface area contributed by atoms with E-state index in [1.165, 1.54) is 0 Å². The lowest BCUT2D eigenvalue weighted by molar-refractivity contribution is -0.126. The second-order valence-corrected chi connectivity index (χ2v) is 5.50. The fourth-order valence-electron chi connectivity index (χ4n) is 2.39. The molecule has 5 heteroatoms. The fraction of sp³-hybridized carbons (Fsp3) is 0.438. The average molecular weight is 311 g/mol. The summed E-state index contributed by atoms with van der Waals surface area (Å²) in [6, 6.07) is 7.86. The van der Waals surface area contributed by atoms with Gasteiger partial charge in [0, 0.05) is 10.9 Å². The van der Waals surface area contributed by atoms with E-state index in [1.807, 2.05) is 38.1 Å². The number of carbonyl (C=O) groups is 1. The minimum Gasteiger partial charge on any atom is -0.459 e. The minimum atomic E-state index is -0.825. The van der Waals surface area contributed by atoms with Gasteiger partial charge in [-0.05, 0) is 26.3 Å². The van der Waals surface area contributed by atoms with Crippen molar-refractivity contribution in [1.82, 2.24) is 5.32 Å². The quantitative estimate of drug-likeness (QED) is 0.890. The number of fused-ring (bicyclic) bond motifs is 1. The zero-order valence-corrected chi connectivity index (χ0v) is 13.5. The number of para-hydroxylation sites is 1. The van der Waals surface area contributed by atoms with Crippen LogP contribution in [-0.2, 0) is 11.3 Å². The van der Waals surface area contributed by atoms with E-state index in [1.54, 1.807) is 6.92 Å². The van der Waals surface area contributed by atoms with E-state index in [2.05, 4.69) is 5.32 Å². The second kappa shape index (κ2) is 6.96. The first kappa shape index (κ1) is 17.5. The monoisotopic (exact) mass is 310 g/mol. The molecule has 1 amide bonds. The van der Waals surface area contributed by atoms with Crippen LogP contribution in [0.25, 0.3) is 11.0 Å². The second-order valence-electron chi connectivity index (χ2n) is 5.50. The summed E-state index contributed by atoms with van der Waals surface area (Å²) in [7, 11) is 0. The number of halogens is 1. The summed E-state index contributed by atoms with van der Waals surface area (Å²) in [6.45, 7) is 6.15. The highest BCUT2D eigenvalue weighted by molar-refractivity contribution is 5.86. The molecule has 1 aromatic heterocycles. The molecule has 0 aliphatic heterocycles. The molecule has 2 aromatic rings. The van der Waals surface area contributed by atoms with Crippen LogP contribution in [-0.4, -0.2) is 11.4 Å². The van der Waals surface area contributed by atoms with E-state index in [0.29, 0.717) is 13.0 Å². The van der Waals surface area contributed by atoms with Crippen molar-refractivity contribution in [3.8, 4) is 0 Å². The van der Waals surface area contributed by atoms with Gasteiger partial charge in [0.05, 0.1) is 12.1 Å². The molecule has 0 spiro atoms. The van der Waals surface area contributed by atoms with Gasteiger partial charge >= 0.3 is 0 Å². The predicted octanol–water partition coefficient (Wildman–Crippen LogP) is 3.30. The van der Waals surface area contributed by atoms with Gasteiger partial charge in [-0.1, -0.05) is 31.5 Å². The smallest absolute Gasteiger partial charge is 0.240 e. The van der Waals surface area contributed by atoms with Gasteiger partial charge in [-0.2, -0.15) is 0 Å². The van der Waals surface area contributed by atoms with E-state index in [-0.39, 0.29) is 18.3 Å². The summed E-state index contributed by atoms with van der Waals surface area (Å²) in [6.07, 6.45) is 1.54. The van der Waals surface area contributed by atoms with Gasteiger partial charge in [0.1, 0.15) is 11.3 Å². The SMILES string of the molecule is CCCC(C)(N)C(=O)NCc1oc2ccccc2c1C.Cl. The van der Waals surface area contributed by atoms with Gasteiger partial charge in [0.2, 0.25) is 5.91 Å². The number of nitrogens with one attached hydrogen (secondary N) is 1. The molecular formula is C16H23ClN2O2. The Morgan fingerprint density at radius 2 is 2.05 bits per heavy atom. The van der Waals surface area contributed by atoms with Crippen molar-refractivity contribution >= 4 is 29.3 Å². The Morgan fingerprint density at radius 3 is 2.67 bits per heavy atom. The van der Waals surface area contributed by atoms with Crippen LogP contribution in [0.5, 0.6) is 0 Å². The Morgan fingerprint density at radius 1 is 1.38 bits per heavy atom. The van der Waals surface area contributed by atoms with E-state index in [0.717, 1.165) is 28.7 Å². The van der Waals surface area contributed by atoms with E-state index in [9.17, 15) is 4.79 Å². The van der Waals surface area contributed by atoms with Crippen molar-refractivity contribution in [3.63, 3.8) is 0 Å². The van der Waals surface area contributed by atoms with Gasteiger partial charge < -0.3 is 15.5 Å². The standard InChI is InChI=1S/C16H22N2O2.ClH/c1-4-9-16(3,17)15(19)18-10-14-11(2)12-7-5-6-8-13(12)20-14;/h5-8H,4,9-10,17H2,1-3H3,(H,18,19);1H. The number of aryl methyl sites for hydroxylation is 1. The first-order valence-electron chi connectivity index (χ1n) is 7.00. The Hall–Kier alpha value is -1.52. The number of amides is 1. The maximum absolute atomic E-state index is 12.1. The molecule has 0 bridgehead atoms. The van der Waals surface area contributed by atoms with Crippen LogP contribution in [0.3, 0.4) is 0 Å². The van der Waals surface area contributed by atoms with Gasteiger partial charge in [0.25, 0.3) is 0 Å². The number of hydrogen-bond donors (Lipinski definition) is 2. The van der Waals surface area contributed by atoms with Crippen molar-refractivity contribution in [2.24, 2.45) is 5.73 Å². The normalized spacial score (nSPS) is 13.5. The molecule has 3 N–H and O–H groups in total. The maximum Gasteiger partial charge on any atom is 0.240 e. The van der Waals surface area contributed by atoms with Crippen LogP contribution >= 0.6 is 12.4 Å². The lowest BCUT2D eigenvalue weighted by Crippen LogP contribution is -2.51. The Kier molecular flexibility index (Phi) is 5.81. The lowest BCUT2D eigenvalue weighted by atomic mass is 9.96. The molecule has 0 aliphatic carbocycles. The molecule has 21 heavy (non-hydrogen) atoms. The minimum absolute atomic E-state index is 0. The highest BCUT2D eigenvalue weighted by Gasteiger charge is 2.27. The number of rotatable bonds is 5. The molecule has 0 saturated carbocycles. The van der Waals surface area contributed by atoms with Gasteiger partial charge in [-0.15, -0.1) is 12.4 Å². The van der Waals surface area contributed by atoms with Crippen LogP contribution in [0, 0.1) is 6.92 Å². The van der Waals surface area contributed by atoms with Crippen LogP contribution in [0.1, 0.15) is 38.0 Å². The Balaban J connectivity index is 0.00000220. The first-order valence-corrected chi connectivity index (χ1v) is 7.00. The van der Waals surface area contributed by atoms with Crippen LogP contribution in [0.4, 0.5) is 0 Å². The third kappa shape index (κ3) is 3.77. The maximum atomic E-state index is 12.1. The van der Waals surface area contributed by atoms with Crippen LogP contribution in [0.2, 0.25) is 0 Å². The summed E-state index contributed by atoms with van der Waals surface area (Å²) in [5, 5.41) is 3.95. The van der Waals surface area contributed by atoms with E-state index >= 15 is 0 Å². The zero-order chi connectivity index (χ0) is 14.8. The van der Waals surface area contributed by atoms with Gasteiger partial charge in [-0.3, -0.25) is 4.79 Å². The molecule has 0 saturated heterocycles. The highest BCUT2D eigenvalue weighted by atomic mass is 35.5. The molecule has 0 fully saturated rings. The first-order chi connectivity index (χ1) is 9.45. The van der Waals surface area contributed by atoms with Crippen LogP contribution in [0.15, 0.2) is 28.7 Å². The number of furan rings is 1. The van der Waals surface area contributed by atoms with E-state index in [4.69, 9.17) is 10.2 Å². The highest BCUT2D eigenvalue weighted by Crippen LogP contribution is 2.24. The van der Waals surface area contributed by atoms with Crippen LogP contribution < -0.4 is 11.1 Å². The number of hydrogen-bond acceptors (Lipinski definition) is 3. The molecule has 2 rings (SSSR count). The largest absolute Gasteiger partial charge is 0.459 e. The molecular weight excluding hydrogens is 288 g/mol. The third-order valence-corrected chi connectivity index (χ3v) is 3.64. The van der Waals surface area contributed by atoms with Crippen molar-refractivity contribution in [2.75, 3.05) is 0 Å².